The van der Waals surface area contributed by atoms with Crippen LogP contribution in [0.4, 0.5) is 15.3 Å². The van der Waals surface area contributed by atoms with Gasteiger partial charge in [-0.25, -0.2) is 9.59 Å². The van der Waals surface area contributed by atoms with E-state index < -0.39 is 6.09 Å². The Bertz CT molecular complexity index is 706. The van der Waals surface area contributed by atoms with Gasteiger partial charge in [0.15, 0.2) is 0 Å². The Morgan fingerprint density at radius 1 is 1.12 bits per heavy atom. The number of rotatable bonds is 5. The SMILES string of the molecule is O=C(NCc1cccs1)N[C@H]1CCC[C@H](OC(=O)Nc2ccccc2)C1. The van der Waals surface area contributed by atoms with Crippen molar-refractivity contribution in [3.05, 3.63) is 52.7 Å². The smallest absolute Gasteiger partial charge is 0.411 e. The average molecular weight is 373 g/mol. The van der Waals surface area contributed by atoms with Crippen molar-refractivity contribution in [2.24, 2.45) is 0 Å². The number of para-hydroxylation sites is 1. The van der Waals surface area contributed by atoms with Gasteiger partial charge in [-0.2, -0.15) is 0 Å². The lowest BCUT2D eigenvalue weighted by molar-refractivity contribution is 0.0776. The average Bonchev–Trinajstić information content (AvgIpc) is 3.14. The van der Waals surface area contributed by atoms with Crippen LogP contribution in [0.25, 0.3) is 0 Å². The fraction of sp³-hybridized carbons (Fsp3) is 0.368. The van der Waals surface area contributed by atoms with E-state index in [1.165, 1.54) is 0 Å². The second-order valence-electron chi connectivity index (χ2n) is 6.29. The van der Waals surface area contributed by atoms with Crippen LogP contribution in [0.3, 0.4) is 0 Å². The van der Waals surface area contributed by atoms with Gasteiger partial charge in [0.25, 0.3) is 0 Å². The summed E-state index contributed by atoms with van der Waals surface area (Å²) in [7, 11) is 0. The molecule has 2 atom stereocenters. The van der Waals surface area contributed by atoms with E-state index in [2.05, 4.69) is 16.0 Å². The molecule has 1 aromatic heterocycles. The highest BCUT2D eigenvalue weighted by atomic mass is 32.1. The minimum Gasteiger partial charge on any atom is -0.446 e. The highest BCUT2D eigenvalue weighted by molar-refractivity contribution is 7.09. The van der Waals surface area contributed by atoms with Crippen LogP contribution in [-0.2, 0) is 11.3 Å². The van der Waals surface area contributed by atoms with Gasteiger partial charge in [0, 0.05) is 23.0 Å². The molecule has 0 saturated heterocycles. The molecule has 138 valence electrons. The van der Waals surface area contributed by atoms with Crippen LogP contribution < -0.4 is 16.0 Å². The lowest BCUT2D eigenvalue weighted by atomic mass is 9.93. The zero-order valence-corrected chi connectivity index (χ0v) is 15.3. The molecule has 1 aliphatic carbocycles. The van der Waals surface area contributed by atoms with E-state index in [9.17, 15) is 9.59 Å². The minimum atomic E-state index is -0.455. The summed E-state index contributed by atoms with van der Waals surface area (Å²) in [5, 5.41) is 10.5. The topological polar surface area (TPSA) is 79.5 Å². The van der Waals surface area contributed by atoms with E-state index in [4.69, 9.17) is 4.74 Å². The van der Waals surface area contributed by atoms with Crippen molar-refractivity contribution in [3.63, 3.8) is 0 Å². The lowest BCUT2D eigenvalue weighted by Gasteiger charge is -2.29. The quantitative estimate of drug-likeness (QED) is 0.738. The molecule has 3 amide bonds. The number of carbonyl (C=O) groups excluding carboxylic acids is 2. The second kappa shape index (κ2) is 9.24. The normalized spacial score (nSPS) is 19.4. The third kappa shape index (κ3) is 5.77. The molecule has 3 rings (SSSR count). The van der Waals surface area contributed by atoms with Crippen molar-refractivity contribution in [2.45, 2.75) is 44.4 Å². The number of nitrogens with one attached hydrogen (secondary N) is 3. The molecule has 1 aromatic carbocycles. The molecule has 3 N–H and O–H groups in total. The van der Waals surface area contributed by atoms with E-state index in [-0.39, 0.29) is 18.2 Å². The Kier molecular flexibility index (Phi) is 6.49. The van der Waals surface area contributed by atoms with Gasteiger partial charge in [0.1, 0.15) is 6.10 Å². The van der Waals surface area contributed by atoms with Crippen molar-refractivity contribution >= 4 is 29.1 Å². The summed E-state index contributed by atoms with van der Waals surface area (Å²) in [4.78, 5) is 25.2. The van der Waals surface area contributed by atoms with Crippen LogP contribution >= 0.6 is 11.3 Å². The number of carbonyl (C=O) groups is 2. The predicted octanol–water partition coefficient (Wildman–Crippen LogP) is 4.11. The first kappa shape index (κ1) is 18.3. The molecular formula is C19H23N3O3S. The third-order valence-electron chi connectivity index (χ3n) is 4.26. The second-order valence-corrected chi connectivity index (χ2v) is 7.32. The van der Waals surface area contributed by atoms with Crippen molar-refractivity contribution in [1.29, 1.82) is 0 Å². The van der Waals surface area contributed by atoms with Crippen molar-refractivity contribution in [3.8, 4) is 0 Å². The van der Waals surface area contributed by atoms with Crippen molar-refractivity contribution in [2.75, 3.05) is 5.32 Å². The summed E-state index contributed by atoms with van der Waals surface area (Å²) in [6.45, 7) is 0.523. The number of benzene rings is 1. The summed E-state index contributed by atoms with van der Waals surface area (Å²) in [6.07, 6.45) is 2.62. The van der Waals surface area contributed by atoms with E-state index in [0.29, 0.717) is 18.7 Å². The van der Waals surface area contributed by atoms with Crippen LogP contribution in [0.15, 0.2) is 47.8 Å². The summed E-state index contributed by atoms with van der Waals surface area (Å²) in [5.74, 6) is 0. The molecule has 2 aromatic rings. The first-order valence-electron chi connectivity index (χ1n) is 8.78. The van der Waals surface area contributed by atoms with Gasteiger partial charge in [-0.1, -0.05) is 24.3 Å². The van der Waals surface area contributed by atoms with Crippen LogP contribution in [0.1, 0.15) is 30.6 Å². The molecule has 26 heavy (non-hydrogen) atoms. The first-order chi connectivity index (χ1) is 12.7. The van der Waals surface area contributed by atoms with E-state index in [1.54, 1.807) is 11.3 Å². The van der Waals surface area contributed by atoms with Gasteiger partial charge in [-0.05, 0) is 42.8 Å². The highest BCUT2D eigenvalue weighted by Crippen LogP contribution is 2.22. The molecule has 0 spiro atoms. The fourth-order valence-corrected chi connectivity index (χ4v) is 3.66. The maximum atomic E-state index is 12.0. The first-order valence-corrected chi connectivity index (χ1v) is 9.66. The van der Waals surface area contributed by atoms with Gasteiger partial charge >= 0.3 is 12.1 Å². The fourth-order valence-electron chi connectivity index (χ4n) is 3.02. The van der Waals surface area contributed by atoms with Gasteiger partial charge in [-0.15, -0.1) is 11.3 Å². The molecule has 6 nitrogen and oxygen atoms in total. The Hall–Kier alpha value is -2.54. The van der Waals surface area contributed by atoms with Crippen molar-refractivity contribution < 1.29 is 14.3 Å². The summed E-state index contributed by atoms with van der Waals surface area (Å²) in [6, 6.07) is 13.0. The van der Waals surface area contributed by atoms with Gasteiger partial charge in [0.2, 0.25) is 0 Å². The van der Waals surface area contributed by atoms with Crippen LogP contribution in [0.5, 0.6) is 0 Å². The summed E-state index contributed by atoms with van der Waals surface area (Å²) < 4.78 is 5.51. The monoisotopic (exact) mass is 373 g/mol. The Morgan fingerprint density at radius 2 is 1.96 bits per heavy atom. The largest absolute Gasteiger partial charge is 0.446 e. The molecule has 0 radical (unpaired) electrons. The Labute approximate surface area is 156 Å². The van der Waals surface area contributed by atoms with E-state index in [1.807, 2.05) is 47.8 Å². The van der Waals surface area contributed by atoms with Crippen LogP contribution in [0, 0.1) is 0 Å². The molecule has 1 heterocycles. The summed E-state index contributed by atoms with van der Waals surface area (Å²) >= 11 is 1.61. The third-order valence-corrected chi connectivity index (χ3v) is 5.13. The molecule has 1 aliphatic rings. The van der Waals surface area contributed by atoms with Gasteiger partial charge < -0.3 is 15.4 Å². The lowest BCUT2D eigenvalue weighted by Crippen LogP contribution is -2.45. The van der Waals surface area contributed by atoms with Gasteiger partial charge in [-0.3, -0.25) is 5.32 Å². The molecule has 0 unspecified atom stereocenters. The number of hydrogen-bond acceptors (Lipinski definition) is 4. The number of ether oxygens (including phenoxy) is 1. The van der Waals surface area contributed by atoms with Crippen LogP contribution in [0.2, 0.25) is 0 Å². The summed E-state index contributed by atoms with van der Waals surface area (Å²) in [5.41, 5.74) is 0.705. The molecule has 0 bridgehead atoms. The zero-order chi connectivity index (χ0) is 18.2. The maximum absolute atomic E-state index is 12.0. The van der Waals surface area contributed by atoms with E-state index in [0.717, 1.165) is 24.1 Å². The highest BCUT2D eigenvalue weighted by Gasteiger charge is 2.26. The molecule has 1 saturated carbocycles. The number of thiophene rings is 1. The number of urea groups is 1. The van der Waals surface area contributed by atoms with E-state index >= 15 is 0 Å². The predicted molar refractivity (Wildman–Crippen MR) is 102 cm³/mol. The number of anilines is 1. The molecular weight excluding hydrogens is 350 g/mol. The Balaban J connectivity index is 1.40. The number of amides is 3. The maximum Gasteiger partial charge on any atom is 0.411 e. The van der Waals surface area contributed by atoms with Crippen molar-refractivity contribution in [1.82, 2.24) is 10.6 Å². The molecule has 1 fully saturated rings. The van der Waals surface area contributed by atoms with Crippen LogP contribution in [-0.4, -0.2) is 24.3 Å². The zero-order valence-electron chi connectivity index (χ0n) is 14.4. The van der Waals surface area contributed by atoms with Gasteiger partial charge in [0.05, 0.1) is 6.54 Å². The standard InChI is InChI=1S/C19H23N3O3S/c23-18(20-13-17-10-5-11-26-17)21-15-8-4-9-16(12-15)25-19(24)22-14-6-2-1-3-7-14/h1-3,5-7,10-11,15-16H,4,8-9,12-13H2,(H,22,24)(H2,20,21,23)/t15-,16-/m0/s1. The molecule has 0 aliphatic heterocycles. The minimum absolute atomic E-state index is 0.0154. The number of hydrogen-bond donors (Lipinski definition) is 3. The Morgan fingerprint density at radius 3 is 2.73 bits per heavy atom. The molecule has 7 heteroatoms.